The van der Waals surface area contributed by atoms with Crippen LogP contribution < -0.4 is 10.7 Å². The molecule has 7 heteroatoms. The van der Waals surface area contributed by atoms with Crippen LogP contribution in [-0.2, 0) is 0 Å². The van der Waals surface area contributed by atoms with Crippen LogP contribution in [0.2, 0.25) is 0 Å². The van der Waals surface area contributed by atoms with Gasteiger partial charge in [0.2, 0.25) is 0 Å². The molecule has 0 saturated carbocycles. The van der Waals surface area contributed by atoms with Crippen LogP contribution >= 0.6 is 0 Å². The van der Waals surface area contributed by atoms with Gasteiger partial charge in [-0.3, -0.25) is 14.6 Å². The monoisotopic (exact) mass is 374 g/mol. The molecule has 7 nitrogen and oxygen atoms in total. The highest BCUT2D eigenvalue weighted by Gasteiger charge is 2.30. The van der Waals surface area contributed by atoms with Gasteiger partial charge in [0.05, 0.1) is 6.20 Å². The molecule has 5 rings (SSSR count). The Kier molecular flexibility index (Phi) is 4.00. The quantitative estimate of drug-likeness (QED) is 0.739. The van der Waals surface area contributed by atoms with Crippen molar-refractivity contribution in [2.45, 2.75) is 32.4 Å². The minimum atomic E-state index is -0.179. The lowest BCUT2D eigenvalue weighted by atomic mass is 10.0. The van der Waals surface area contributed by atoms with Gasteiger partial charge in [-0.25, -0.2) is 4.98 Å². The predicted molar refractivity (Wildman–Crippen MR) is 108 cm³/mol. The highest BCUT2D eigenvalue weighted by Crippen LogP contribution is 2.25. The fourth-order valence-electron chi connectivity index (χ4n) is 3.93. The second-order valence-corrected chi connectivity index (χ2v) is 7.33. The number of carbonyl (C=O) groups is 1. The number of hydrazone groups is 1. The maximum Gasteiger partial charge on any atom is 0.274 e. The number of aromatic nitrogens is 2. The molecule has 2 aromatic heterocycles. The minimum absolute atomic E-state index is 0.179. The molecule has 1 unspecified atom stereocenters. The minimum Gasteiger partial charge on any atom is -0.333 e. The van der Waals surface area contributed by atoms with E-state index in [1.165, 1.54) is 12.8 Å². The van der Waals surface area contributed by atoms with Gasteiger partial charge in [-0.1, -0.05) is 18.2 Å². The van der Waals surface area contributed by atoms with E-state index in [0.29, 0.717) is 11.9 Å². The Morgan fingerprint density at radius 2 is 2.18 bits per heavy atom. The lowest BCUT2D eigenvalue weighted by molar-refractivity contribution is 0.102. The van der Waals surface area contributed by atoms with Crippen LogP contribution in [0.1, 0.15) is 40.9 Å². The molecule has 2 N–H and O–H groups in total. The van der Waals surface area contributed by atoms with E-state index < -0.39 is 0 Å². The summed E-state index contributed by atoms with van der Waals surface area (Å²) < 4.78 is 1.79. The molecular formula is C21H22N6O. The average Bonchev–Trinajstić information content (AvgIpc) is 3.34. The third-order valence-electron chi connectivity index (χ3n) is 5.49. The second-order valence-electron chi connectivity index (χ2n) is 7.33. The van der Waals surface area contributed by atoms with Crippen molar-refractivity contribution in [3.8, 4) is 0 Å². The number of carbonyl (C=O) groups excluding carboxylic acids is 1. The van der Waals surface area contributed by atoms with E-state index in [1.54, 1.807) is 10.6 Å². The van der Waals surface area contributed by atoms with Crippen LogP contribution in [0, 0.1) is 6.92 Å². The Labute approximate surface area is 163 Å². The molecule has 28 heavy (non-hydrogen) atoms. The fraction of sp³-hybridized carbons (Fsp3) is 0.286. The SMILES string of the molecule is Cc1ccc(C2=NNC3CCCCN23)cc1NC(=O)c1cnc2ccccn12. The number of amides is 1. The number of fused-ring (bicyclic) bond motifs is 2. The number of benzene rings is 1. The topological polar surface area (TPSA) is 74.0 Å². The average molecular weight is 374 g/mol. The fourth-order valence-corrected chi connectivity index (χ4v) is 3.93. The number of pyridine rings is 1. The number of nitrogens with one attached hydrogen (secondary N) is 2. The molecular weight excluding hydrogens is 352 g/mol. The van der Waals surface area contributed by atoms with Crippen molar-refractivity contribution in [1.29, 1.82) is 0 Å². The molecule has 0 aliphatic carbocycles. The number of anilines is 1. The Morgan fingerprint density at radius 1 is 1.25 bits per heavy atom. The number of hydrogen-bond acceptors (Lipinski definition) is 5. The van der Waals surface area contributed by atoms with Crippen LogP contribution in [0.15, 0.2) is 53.9 Å². The number of hydrogen-bond donors (Lipinski definition) is 2. The summed E-state index contributed by atoms with van der Waals surface area (Å²) >= 11 is 0. The van der Waals surface area contributed by atoms with Gasteiger partial charge in [0, 0.05) is 24.0 Å². The Morgan fingerprint density at radius 3 is 3.11 bits per heavy atom. The zero-order valence-electron chi connectivity index (χ0n) is 15.7. The maximum atomic E-state index is 12.9. The van der Waals surface area contributed by atoms with Crippen LogP contribution in [-0.4, -0.2) is 38.7 Å². The number of imidazole rings is 1. The van der Waals surface area contributed by atoms with Gasteiger partial charge in [0.15, 0.2) is 5.84 Å². The van der Waals surface area contributed by atoms with Gasteiger partial charge in [0.1, 0.15) is 17.5 Å². The smallest absolute Gasteiger partial charge is 0.274 e. The highest BCUT2D eigenvalue weighted by molar-refractivity contribution is 6.05. The molecule has 1 fully saturated rings. The lowest BCUT2D eigenvalue weighted by Crippen LogP contribution is -2.43. The molecule has 4 heterocycles. The van der Waals surface area contributed by atoms with Crippen LogP contribution in [0.4, 0.5) is 5.69 Å². The number of amidine groups is 1. The maximum absolute atomic E-state index is 12.9. The molecule has 3 aromatic rings. The first kappa shape index (κ1) is 16.8. The van der Waals surface area contributed by atoms with Gasteiger partial charge in [0.25, 0.3) is 5.91 Å². The molecule has 0 bridgehead atoms. The first-order valence-corrected chi connectivity index (χ1v) is 9.65. The third-order valence-corrected chi connectivity index (χ3v) is 5.49. The summed E-state index contributed by atoms with van der Waals surface area (Å²) in [6.07, 6.45) is 7.26. The van der Waals surface area contributed by atoms with Crippen molar-refractivity contribution in [1.82, 2.24) is 19.7 Å². The summed E-state index contributed by atoms with van der Waals surface area (Å²) in [5.41, 5.74) is 7.31. The van der Waals surface area contributed by atoms with Crippen molar-refractivity contribution in [3.05, 3.63) is 65.6 Å². The van der Waals surface area contributed by atoms with Crippen molar-refractivity contribution in [2.75, 3.05) is 11.9 Å². The molecule has 2 aliphatic rings. The largest absolute Gasteiger partial charge is 0.333 e. The van der Waals surface area contributed by atoms with E-state index in [-0.39, 0.29) is 5.91 Å². The van der Waals surface area contributed by atoms with Gasteiger partial charge < -0.3 is 10.2 Å². The first-order valence-electron chi connectivity index (χ1n) is 9.65. The molecule has 2 aliphatic heterocycles. The summed E-state index contributed by atoms with van der Waals surface area (Å²) in [6, 6.07) is 11.8. The Balaban J connectivity index is 1.43. The van der Waals surface area contributed by atoms with Gasteiger partial charge >= 0.3 is 0 Å². The highest BCUT2D eigenvalue weighted by atomic mass is 16.1. The lowest BCUT2D eigenvalue weighted by Gasteiger charge is -2.31. The second kappa shape index (κ2) is 6.67. The van der Waals surface area contributed by atoms with Crippen molar-refractivity contribution < 1.29 is 4.79 Å². The van der Waals surface area contributed by atoms with Gasteiger partial charge in [-0.15, -0.1) is 0 Å². The molecule has 0 spiro atoms. The standard InChI is InChI=1S/C21H22N6O/c1-14-8-9-15(20-25-24-19-7-3-5-11-27(19)20)12-16(14)23-21(28)17-13-22-18-6-2-4-10-26(17)18/h2,4,6,8-10,12-13,19,24H,3,5,7,11H2,1H3,(H,23,28). The number of nitrogens with zero attached hydrogens (tertiary/aromatic N) is 4. The van der Waals surface area contributed by atoms with Gasteiger partial charge in [-0.2, -0.15) is 5.10 Å². The van der Waals surface area contributed by atoms with Crippen molar-refractivity contribution in [3.63, 3.8) is 0 Å². The van der Waals surface area contributed by atoms with E-state index in [1.807, 2.05) is 43.5 Å². The van der Waals surface area contributed by atoms with E-state index in [2.05, 4.69) is 31.8 Å². The number of rotatable bonds is 3. The van der Waals surface area contributed by atoms with E-state index in [4.69, 9.17) is 0 Å². The van der Waals surface area contributed by atoms with E-state index >= 15 is 0 Å². The summed E-state index contributed by atoms with van der Waals surface area (Å²) in [5, 5.41) is 7.60. The number of piperidine rings is 1. The summed E-state index contributed by atoms with van der Waals surface area (Å²) in [6.45, 7) is 3.00. The van der Waals surface area contributed by atoms with Crippen molar-refractivity contribution >= 4 is 23.1 Å². The van der Waals surface area contributed by atoms with Crippen molar-refractivity contribution in [2.24, 2.45) is 5.10 Å². The summed E-state index contributed by atoms with van der Waals surface area (Å²) in [4.78, 5) is 19.5. The van der Waals surface area contributed by atoms with Gasteiger partial charge in [-0.05, 0) is 49.9 Å². The summed E-state index contributed by atoms with van der Waals surface area (Å²) in [7, 11) is 0. The van der Waals surface area contributed by atoms with Crippen LogP contribution in [0.25, 0.3) is 5.65 Å². The third kappa shape index (κ3) is 2.79. The predicted octanol–water partition coefficient (Wildman–Crippen LogP) is 2.97. The molecule has 1 aromatic carbocycles. The Hall–Kier alpha value is -3.35. The van der Waals surface area contributed by atoms with E-state index in [9.17, 15) is 4.79 Å². The molecule has 1 saturated heterocycles. The van der Waals surface area contributed by atoms with Crippen LogP contribution in [0.5, 0.6) is 0 Å². The summed E-state index contributed by atoms with van der Waals surface area (Å²) in [5.74, 6) is 0.774. The van der Waals surface area contributed by atoms with Crippen LogP contribution in [0.3, 0.4) is 0 Å². The molecule has 0 radical (unpaired) electrons. The molecule has 142 valence electrons. The number of aryl methyl sites for hydroxylation is 1. The first-order chi connectivity index (χ1) is 13.7. The molecule has 1 amide bonds. The normalized spacial score (nSPS) is 18.5. The van der Waals surface area contributed by atoms with E-state index in [0.717, 1.165) is 41.3 Å². The zero-order chi connectivity index (χ0) is 19.1. The Bertz CT molecular complexity index is 1090. The molecule has 1 atom stereocenters. The zero-order valence-corrected chi connectivity index (χ0v) is 15.7.